The predicted octanol–water partition coefficient (Wildman–Crippen LogP) is 2.52. The molecule has 0 spiro atoms. The van der Waals surface area contributed by atoms with Crippen LogP contribution >= 0.6 is 11.3 Å². The fraction of sp³-hybridized carbons (Fsp3) is 0.214. The van der Waals surface area contributed by atoms with Crippen LogP contribution in [0.25, 0.3) is 10.8 Å². The monoisotopic (exact) mass is 271 g/mol. The van der Waals surface area contributed by atoms with Crippen LogP contribution in [-0.4, -0.2) is 14.8 Å². The van der Waals surface area contributed by atoms with Crippen molar-refractivity contribution in [1.29, 1.82) is 0 Å². The zero-order chi connectivity index (χ0) is 13.4. The molecule has 0 radical (unpaired) electrons. The van der Waals surface area contributed by atoms with Gasteiger partial charge in [-0.15, -0.1) is 11.3 Å². The molecule has 2 heterocycles. The first-order chi connectivity index (χ1) is 9.15. The maximum Gasteiger partial charge on any atom is 0.274 e. The van der Waals surface area contributed by atoms with Gasteiger partial charge in [0.2, 0.25) is 0 Å². The molecular weight excluding hydrogens is 258 g/mol. The molecule has 0 saturated heterocycles. The third-order valence-corrected chi connectivity index (χ3v) is 4.11. The van der Waals surface area contributed by atoms with Crippen molar-refractivity contribution < 1.29 is 0 Å². The minimum atomic E-state index is -0.0523. The van der Waals surface area contributed by atoms with Crippen LogP contribution in [0.5, 0.6) is 0 Å². The maximum absolute atomic E-state index is 12.3. The average Bonchev–Trinajstić information content (AvgIpc) is 2.72. The van der Waals surface area contributed by atoms with Gasteiger partial charge in [-0.3, -0.25) is 4.79 Å². The zero-order valence-corrected chi connectivity index (χ0v) is 11.6. The van der Waals surface area contributed by atoms with Gasteiger partial charge in [0.25, 0.3) is 5.56 Å². The van der Waals surface area contributed by atoms with E-state index in [1.807, 2.05) is 38.1 Å². The van der Waals surface area contributed by atoms with Gasteiger partial charge in [0.15, 0.2) is 0 Å². The summed E-state index contributed by atoms with van der Waals surface area (Å²) in [6, 6.07) is 7.51. The lowest BCUT2D eigenvalue weighted by atomic mass is 10.2. The highest BCUT2D eigenvalue weighted by Gasteiger charge is 2.09. The lowest BCUT2D eigenvalue weighted by Gasteiger charge is -2.04. The summed E-state index contributed by atoms with van der Waals surface area (Å²) in [7, 11) is 0. The number of rotatable bonds is 2. The van der Waals surface area contributed by atoms with E-state index in [9.17, 15) is 4.79 Å². The van der Waals surface area contributed by atoms with Crippen LogP contribution in [0.4, 0.5) is 0 Å². The van der Waals surface area contributed by atoms with Gasteiger partial charge < -0.3 is 0 Å². The molecule has 0 unspecified atom stereocenters. The fourth-order valence-corrected chi connectivity index (χ4v) is 3.02. The van der Waals surface area contributed by atoms with Crippen LogP contribution in [0, 0.1) is 13.8 Å². The molecule has 0 bridgehead atoms. The Morgan fingerprint density at radius 1 is 1.26 bits per heavy atom. The summed E-state index contributed by atoms with van der Waals surface area (Å²) in [5.74, 6) is 0. The zero-order valence-electron chi connectivity index (χ0n) is 10.8. The molecule has 3 aromatic rings. The second-order valence-electron chi connectivity index (χ2n) is 4.44. The molecule has 3 rings (SSSR count). The van der Waals surface area contributed by atoms with Crippen LogP contribution in [0.2, 0.25) is 0 Å². The standard InChI is InChI=1S/C14H13N3OS/c1-9-13(19-10(2)16-9)8-17-14(18)12-6-4-3-5-11(12)7-15-17/h3-7H,8H2,1-2H3. The van der Waals surface area contributed by atoms with E-state index in [4.69, 9.17) is 0 Å². The van der Waals surface area contributed by atoms with Gasteiger partial charge in [0.1, 0.15) is 0 Å². The number of benzene rings is 1. The number of nitrogens with zero attached hydrogens (tertiary/aromatic N) is 3. The molecular formula is C14H13N3OS. The summed E-state index contributed by atoms with van der Waals surface area (Å²) >= 11 is 1.61. The number of aromatic nitrogens is 3. The summed E-state index contributed by atoms with van der Waals surface area (Å²) in [4.78, 5) is 17.8. The molecule has 0 aliphatic heterocycles. The van der Waals surface area contributed by atoms with Gasteiger partial charge >= 0.3 is 0 Å². The highest BCUT2D eigenvalue weighted by molar-refractivity contribution is 7.11. The molecule has 1 aromatic carbocycles. The summed E-state index contributed by atoms with van der Waals surface area (Å²) in [5, 5.41) is 6.83. The second-order valence-corrected chi connectivity index (χ2v) is 5.72. The minimum Gasteiger partial charge on any atom is -0.267 e. The predicted molar refractivity (Wildman–Crippen MR) is 76.7 cm³/mol. The van der Waals surface area contributed by atoms with E-state index < -0.39 is 0 Å². The Morgan fingerprint density at radius 2 is 2.05 bits per heavy atom. The average molecular weight is 271 g/mol. The van der Waals surface area contributed by atoms with E-state index >= 15 is 0 Å². The summed E-state index contributed by atoms with van der Waals surface area (Å²) in [6.45, 7) is 4.42. The van der Waals surface area contributed by atoms with Crippen LogP contribution in [0.15, 0.2) is 35.3 Å². The lowest BCUT2D eigenvalue weighted by molar-refractivity contribution is 0.651. The number of hydrogen-bond donors (Lipinski definition) is 0. The molecule has 0 saturated carbocycles. The van der Waals surface area contributed by atoms with Crippen LogP contribution in [0.3, 0.4) is 0 Å². The summed E-state index contributed by atoms with van der Waals surface area (Å²) < 4.78 is 1.50. The van der Waals surface area contributed by atoms with Crippen molar-refractivity contribution >= 4 is 22.1 Å². The van der Waals surface area contributed by atoms with E-state index in [-0.39, 0.29) is 5.56 Å². The minimum absolute atomic E-state index is 0.0523. The third kappa shape index (κ3) is 2.17. The number of aryl methyl sites for hydroxylation is 2. The molecule has 19 heavy (non-hydrogen) atoms. The van der Waals surface area contributed by atoms with Crippen molar-refractivity contribution in [3.8, 4) is 0 Å². The second kappa shape index (κ2) is 4.59. The highest BCUT2D eigenvalue weighted by atomic mass is 32.1. The normalized spacial score (nSPS) is 11.1. The van der Waals surface area contributed by atoms with E-state index in [0.717, 1.165) is 21.0 Å². The Bertz CT molecular complexity index is 804. The van der Waals surface area contributed by atoms with Crippen molar-refractivity contribution in [3.63, 3.8) is 0 Å². The molecule has 96 valence electrons. The van der Waals surface area contributed by atoms with Gasteiger partial charge in [-0.1, -0.05) is 18.2 Å². The maximum atomic E-state index is 12.3. The first-order valence-corrected chi connectivity index (χ1v) is 6.84. The number of thiazole rings is 1. The number of fused-ring (bicyclic) bond motifs is 1. The van der Waals surface area contributed by atoms with Crippen molar-refractivity contribution in [3.05, 3.63) is 56.4 Å². The molecule has 0 amide bonds. The van der Waals surface area contributed by atoms with E-state index in [1.54, 1.807) is 17.5 Å². The van der Waals surface area contributed by atoms with E-state index in [0.29, 0.717) is 11.9 Å². The molecule has 0 aliphatic carbocycles. The topological polar surface area (TPSA) is 47.8 Å². The highest BCUT2D eigenvalue weighted by Crippen LogP contribution is 2.17. The first kappa shape index (κ1) is 12.0. The quantitative estimate of drug-likeness (QED) is 0.719. The van der Waals surface area contributed by atoms with Gasteiger partial charge in [-0.05, 0) is 19.9 Å². The van der Waals surface area contributed by atoms with Gasteiger partial charge in [0.05, 0.1) is 28.8 Å². The van der Waals surface area contributed by atoms with Crippen molar-refractivity contribution in [2.45, 2.75) is 20.4 Å². The third-order valence-electron chi connectivity index (χ3n) is 3.05. The van der Waals surface area contributed by atoms with Crippen molar-refractivity contribution in [2.75, 3.05) is 0 Å². The number of hydrogen-bond acceptors (Lipinski definition) is 4. The molecule has 0 N–H and O–H groups in total. The van der Waals surface area contributed by atoms with Crippen molar-refractivity contribution in [1.82, 2.24) is 14.8 Å². The molecule has 0 atom stereocenters. The SMILES string of the molecule is Cc1nc(C)c(Cn2ncc3ccccc3c2=O)s1. The largest absolute Gasteiger partial charge is 0.274 e. The molecule has 0 fully saturated rings. The van der Waals surface area contributed by atoms with E-state index in [1.165, 1.54) is 4.68 Å². The Hall–Kier alpha value is -2.01. The van der Waals surface area contributed by atoms with Gasteiger partial charge in [-0.25, -0.2) is 9.67 Å². The van der Waals surface area contributed by atoms with Gasteiger partial charge in [0, 0.05) is 10.3 Å². The smallest absolute Gasteiger partial charge is 0.267 e. The Labute approximate surface area is 114 Å². The molecule has 0 aliphatic rings. The fourth-order valence-electron chi connectivity index (χ4n) is 2.10. The van der Waals surface area contributed by atoms with Crippen LogP contribution in [0.1, 0.15) is 15.6 Å². The first-order valence-electron chi connectivity index (χ1n) is 6.03. The van der Waals surface area contributed by atoms with Crippen molar-refractivity contribution in [2.24, 2.45) is 0 Å². The molecule has 4 nitrogen and oxygen atoms in total. The van der Waals surface area contributed by atoms with E-state index in [2.05, 4.69) is 10.1 Å². The van der Waals surface area contributed by atoms with Gasteiger partial charge in [-0.2, -0.15) is 5.10 Å². The van der Waals surface area contributed by atoms with Crippen LogP contribution in [-0.2, 0) is 6.54 Å². The van der Waals surface area contributed by atoms with Crippen LogP contribution < -0.4 is 5.56 Å². The Kier molecular flexibility index (Phi) is 2.91. The lowest BCUT2D eigenvalue weighted by Crippen LogP contribution is -2.23. The summed E-state index contributed by atoms with van der Waals surface area (Å²) in [5.41, 5.74) is 0.924. The summed E-state index contributed by atoms with van der Waals surface area (Å²) in [6.07, 6.45) is 1.74. The molecule has 5 heteroatoms. The molecule has 2 aromatic heterocycles. The Morgan fingerprint density at radius 3 is 2.79 bits per heavy atom. The Balaban J connectivity index is 2.09.